The first-order valence-corrected chi connectivity index (χ1v) is 4.27. The molecule has 1 nitrogen and oxygen atoms in total. The Kier molecular flexibility index (Phi) is 17.0. The van der Waals surface area contributed by atoms with Gasteiger partial charge in [0.25, 0.3) is 0 Å². The van der Waals surface area contributed by atoms with Crippen LogP contribution in [0.1, 0.15) is 19.8 Å². The molecule has 0 aromatic rings. The van der Waals surface area contributed by atoms with Crippen molar-refractivity contribution in [3.63, 3.8) is 0 Å². The zero-order valence-corrected chi connectivity index (χ0v) is 9.36. The molecule has 14 heavy (non-hydrogen) atoms. The van der Waals surface area contributed by atoms with Crippen LogP contribution in [0.15, 0.2) is 36.5 Å². The van der Waals surface area contributed by atoms with Crippen LogP contribution in [0.3, 0.4) is 0 Å². The van der Waals surface area contributed by atoms with Gasteiger partial charge in [-0.15, -0.1) is 12.8 Å². The maximum absolute atomic E-state index is 7.44. The summed E-state index contributed by atoms with van der Waals surface area (Å²) in [5, 5.41) is 7.44. The van der Waals surface area contributed by atoms with Crippen molar-refractivity contribution in [2.75, 3.05) is 0 Å². The van der Waals surface area contributed by atoms with Gasteiger partial charge in [0, 0.05) is 0 Å². The minimum atomic E-state index is 0. The van der Waals surface area contributed by atoms with Gasteiger partial charge >= 0.3 is 17.1 Å². The molecule has 0 unspecified atom stereocenters. The third-order valence-electron chi connectivity index (χ3n) is 1.17. The van der Waals surface area contributed by atoms with E-state index in [1.165, 1.54) is 0 Å². The second-order valence-electron chi connectivity index (χ2n) is 2.26. The molecule has 0 heterocycles. The predicted molar refractivity (Wildman–Crippen MR) is 55.0 cm³/mol. The normalized spacial score (nSPS) is 13.9. The van der Waals surface area contributed by atoms with Crippen LogP contribution in [-0.4, -0.2) is 5.11 Å². The molecule has 0 bridgehead atoms. The van der Waals surface area contributed by atoms with Crippen molar-refractivity contribution in [3.8, 4) is 0 Å². The summed E-state index contributed by atoms with van der Waals surface area (Å²) < 4.78 is 0. The van der Waals surface area contributed by atoms with Crippen molar-refractivity contribution in [1.29, 1.82) is 0 Å². The van der Waals surface area contributed by atoms with Gasteiger partial charge in [-0.1, -0.05) is 0 Å². The number of aliphatic hydroxyl groups is 1. The summed E-state index contributed by atoms with van der Waals surface area (Å²) in [6.45, 7) is 2.56. The minimum Gasteiger partial charge on any atom is -0.566 e. The molecule has 0 aromatic heterocycles. The Balaban J connectivity index is 0. The summed E-state index contributed by atoms with van der Waals surface area (Å²) >= 11 is 0. The molecule has 0 fully saturated rings. The quantitative estimate of drug-likeness (QED) is 0.501. The second kappa shape index (κ2) is 14.9. The number of allylic oxidation sites excluding steroid dienone is 8. The van der Waals surface area contributed by atoms with Gasteiger partial charge in [0.1, 0.15) is 0 Å². The van der Waals surface area contributed by atoms with Crippen molar-refractivity contribution in [3.05, 3.63) is 55.2 Å². The topological polar surface area (TPSA) is 20.2 Å². The molecule has 0 aromatic carbocycles. The predicted octanol–water partition coefficient (Wildman–Crippen LogP) is 3.15. The second-order valence-corrected chi connectivity index (χ2v) is 2.26. The van der Waals surface area contributed by atoms with E-state index < -0.39 is 0 Å². The third kappa shape index (κ3) is 14.0. The van der Waals surface area contributed by atoms with E-state index in [9.17, 15) is 0 Å². The minimum absolute atomic E-state index is 0. The number of aliphatic hydroxyl groups excluding tert-OH is 1. The number of hydrogen-bond donors (Lipinski definition) is 1. The fourth-order valence-electron chi connectivity index (χ4n) is 0.680. The molecule has 2 rings (SSSR count). The molecular formula is C12H15FeO. The summed E-state index contributed by atoms with van der Waals surface area (Å²) in [5.74, 6) is 0. The van der Waals surface area contributed by atoms with E-state index in [0.717, 1.165) is 19.4 Å². The van der Waals surface area contributed by atoms with Crippen LogP contribution in [0.2, 0.25) is 0 Å². The smallest absolute Gasteiger partial charge is 0.566 e. The Morgan fingerprint density at radius 1 is 1.07 bits per heavy atom. The van der Waals surface area contributed by atoms with Crippen LogP contribution in [0.4, 0.5) is 0 Å². The van der Waals surface area contributed by atoms with Crippen molar-refractivity contribution in [2.24, 2.45) is 0 Å². The van der Waals surface area contributed by atoms with Crippen LogP contribution in [-0.2, 0) is 17.1 Å². The zero-order chi connectivity index (χ0) is 9.78. The monoisotopic (exact) mass is 231 g/mol. The standard InChI is InChI=1S/2C5H5.C2H5O.Fe/c2*1-2-4-5-3-1;1-2-3;/h2*1-3H,4H2;2-3H,1H3;/q3*-1;+3. The molecule has 0 saturated carbocycles. The van der Waals surface area contributed by atoms with Gasteiger partial charge in [-0.3, -0.25) is 12.2 Å². The van der Waals surface area contributed by atoms with Gasteiger partial charge < -0.3 is 5.11 Å². The molecule has 2 aliphatic carbocycles. The molecule has 0 amide bonds. The van der Waals surface area contributed by atoms with Crippen molar-refractivity contribution >= 4 is 0 Å². The number of hydrogen-bond acceptors (Lipinski definition) is 1. The van der Waals surface area contributed by atoms with E-state index in [-0.39, 0.29) is 17.1 Å². The molecular weight excluding hydrogens is 216 g/mol. The molecule has 0 atom stereocenters. The van der Waals surface area contributed by atoms with Gasteiger partial charge in [0.15, 0.2) is 0 Å². The van der Waals surface area contributed by atoms with E-state index in [2.05, 4.69) is 24.3 Å². The van der Waals surface area contributed by atoms with E-state index in [4.69, 9.17) is 5.11 Å². The molecule has 0 saturated heterocycles. The molecule has 0 aliphatic heterocycles. The Bertz CT molecular complexity index is 160. The molecule has 2 aliphatic rings. The van der Waals surface area contributed by atoms with Crippen molar-refractivity contribution in [2.45, 2.75) is 19.8 Å². The van der Waals surface area contributed by atoms with Gasteiger partial charge in [0.05, 0.1) is 0 Å². The third-order valence-corrected chi connectivity index (χ3v) is 1.17. The fraction of sp³-hybridized carbons (Fsp3) is 0.250. The van der Waals surface area contributed by atoms with Gasteiger partial charge in [0.2, 0.25) is 0 Å². The van der Waals surface area contributed by atoms with Crippen LogP contribution in [0.5, 0.6) is 0 Å². The first-order valence-electron chi connectivity index (χ1n) is 4.27. The summed E-state index contributed by atoms with van der Waals surface area (Å²) in [7, 11) is 0. The first-order chi connectivity index (χ1) is 6.41. The molecule has 1 N–H and O–H groups in total. The van der Waals surface area contributed by atoms with Crippen LogP contribution in [0.25, 0.3) is 0 Å². The van der Waals surface area contributed by atoms with E-state index in [0.29, 0.717) is 0 Å². The molecule has 2 heteroatoms. The summed E-state index contributed by atoms with van der Waals surface area (Å²) in [6.07, 6.45) is 20.0. The Hall–Kier alpha value is -0.561. The SMILES string of the molecule is C[CH-]O.[C-]1=CC=CC1.[C-]1=CC=CC1.[Fe+3]. The van der Waals surface area contributed by atoms with Crippen molar-refractivity contribution in [1.82, 2.24) is 0 Å². The Labute approximate surface area is 97.4 Å². The fourth-order valence-corrected chi connectivity index (χ4v) is 0.680. The average Bonchev–Trinajstić information content (AvgIpc) is 2.85. The molecule has 77 valence electrons. The summed E-state index contributed by atoms with van der Waals surface area (Å²) in [5.41, 5.74) is 0. The first kappa shape index (κ1) is 15.9. The van der Waals surface area contributed by atoms with E-state index in [1.807, 2.05) is 24.3 Å². The molecule has 0 spiro atoms. The Morgan fingerprint density at radius 3 is 1.50 bits per heavy atom. The summed E-state index contributed by atoms with van der Waals surface area (Å²) in [4.78, 5) is 0. The van der Waals surface area contributed by atoms with Crippen LogP contribution < -0.4 is 0 Å². The van der Waals surface area contributed by atoms with Gasteiger partial charge in [-0.05, 0) is 0 Å². The average molecular weight is 231 g/mol. The maximum Gasteiger partial charge on any atom is 3.00 e. The van der Waals surface area contributed by atoms with Gasteiger partial charge in [-0.25, -0.2) is 30.9 Å². The maximum atomic E-state index is 7.44. The van der Waals surface area contributed by atoms with Gasteiger partial charge in [-0.2, -0.15) is 19.1 Å². The van der Waals surface area contributed by atoms with E-state index in [1.54, 1.807) is 6.92 Å². The van der Waals surface area contributed by atoms with E-state index >= 15 is 0 Å². The Morgan fingerprint density at radius 2 is 1.43 bits per heavy atom. The number of rotatable bonds is 0. The zero-order valence-electron chi connectivity index (χ0n) is 8.26. The largest absolute Gasteiger partial charge is 3.00 e. The van der Waals surface area contributed by atoms with Crippen LogP contribution >= 0.6 is 0 Å². The molecule has 1 radical (unpaired) electrons. The van der Waals surface area contributed by atoms with Crippen molar-refractivity contribution < 1.29 is 22.2 Å². The van der Waals surface area contributed by atoms with Crippen LogP contribution in [0, 0.1) is 18.8 Å². The summed E-state index contributed by atoms with van der Waals surface area (Å²) in [6, 6.07) is 0.